The van der Waals surface area contributed by atoms with Gasteiger partial charge < -0.3 is 39.9 Å². The van der Waals surface area contributed by atoms with Crippen LogP contribution in [0.15, 0.2) is 96.6 Å². The lowest BCUT2D eigenvalue weighted by Gasteiger charge is -2.36. The van der Waals surface area contributed by atoms with Crippen molar-refractivity contribution in [3.63, 3.8) is 0 Å². The van der Waals surface area contributed by atoms with Crippen LogP contribution in [0.25, 0.3) is 27.5 Å². The van der Waals surface area contributed by atoms with Crippen LogP contribution in [0, 0.1) is 37.0 Å². The lowest BCUT2D eigenvalue weighted by atomic mass is 9.85. The van der Waals surface area contributed by atoms with E-state index in [1.807, 2.05) is 78.7 Å². The van der Waals surface area contributed by atoms with Crippen LogP contribution >= 0.6 is 11.3 Å². The fraction of sp³-hybridized carbons (Fsp3) is 0.452. The van der Waals surface area contributed by atoms with E-state index in [1.54, 1.807) is 31.0 Å². The molecule has 4 aliphatic rings. The van der Waals surface area contributed by atoms with Crippen LogP contribution in [0.5, 0.6) is 6.01 Å². The molecule has 81 heavy (non-hydrogen) atoms. The van der Waals surface area contributed by atoms with E-state index in [0.717, 1.165) is 68.3 Å². The van der Waals surface area contributed by atoms with Gasteiger partial charge in [0, 0.05) is 81.3 Å². The zero-order valence-electron chi connectivity index (χ0n) is 46.7. The van der Waals surface area contributed by atoms with Gasteiger partial charge in [0.25, 0.3) is 5.91 Å². The number of likely N-dealkylation sites (tertiary alicyclic amines) is 2. The molecule has 1 saturated carbocycles. The summed E-state index contributed by atoms with van der Waals surface area (Å²) in [6.45, 7) is 13.3. The van der Waals surface area contributed by atoms with E-state index in [-0.39, 0.29) is 56.5 Å². The normalized spacial score (nSPS) is 18.8. The van der Waals surface area contributed by atoms with E-state index in [4.69, 9.17) is 24.5 Å². The third kappa shape index (κ3) is 14.0. The number of morpholine rings is 1. The molecule has 0 unspecified atom stereocenters. The first kappa shape index (κ1) is 56.7. The number of hydrogen-bond acceptors (Lipinski definition) is 13. The predicted octanol–water partition coefficient (Wildman–Crippen LogP) is 7.75. The molecule has 3 N–H and O–H groups in total. The summed E-state index contributed by atoms with van der Waals surface area (Å²) >= 11 is 1.54. The van der Waals surface area contributed by atoms with Gasteiger partial charge in [-0.3, -0.25) is 19.2 Å². The fourth-order valence-corrected chi connectivity index (χ4v) is 11.4. The summed E-state index contributed by atoms with van der Waals surface area (Å²) in [7, 11) is 0. The first-order chi connectivity index (χ1) is 39.0. The molecule has 4 atom stereocenters. The van der Waals surface area contributed by atoms with E-state index in [9.17, 15) is 28.7 Å². The number of alkyl halides is 1. The van der Waals surface area contributed by atoms with E-state index in [0.29, 0.717) is 58.2 Å². The highest BCUT2D eigenvalue weighted by Gasteiger charge is 2.53. The van der Waals surface area contributed by atoms with E-state index >= 15 is 0 Å². The van der Waals surface area contributed by atoms with Gasteiger partial charge in [0.2, 0.25) is 17.7 Å². The number of aliphatic hydroxyl groups excluding tert-OH is 1. The second-order valence-corrected chi connectivity index (χ2v) is 23.7. The maximum absolute atomic E-state index is 14.8. The van der Waals surface area contributed by atoms with Crippen LogP contribution in [-0.2, 0) is 30.3 Å². The van der Waals surface area contributed by atoms with Crippen molar-refractivity contribution in [3.05, 3.63) is 125 Å². The molecular formula is C62H71FN10O7S. The first-order valence-electron chi connectivity index (χ1n) is 28.1. The summed E-state index contributed by atoms with van der Waals surface area (Å²) < 4.78 is 28.4. The Morgan fingerprint density at radius 3 is 2.35 bits per heavy atom. The van der Waals surface area contributed by atoms with E-state index < -0.39 is 53.0 Å². The number of piperidine rings is 1. The van der Waals surface area contributed by atoms with Crippen molar-refractivity contribution in [2.45, 2.75) is 116 Å². The van der Waals surface area contributed by atoms with Crippen LogP contribution in [-0.4, -0.2) is 140 Å². The molecule has 4 amide bonds. The lowest BCUT2D eigenvalue weighted by Crippen LogP contribution is -2.59. The van der Waals surface area contributed by atoms with Gasteiger partial charge in [-0.25, -0.2) is 14.1 Å². The van der Waals surface area contributed by atoms with Crippen LogP contribution in [0.3, 0.4) is 0 Å². The summed E-state index contributed by atoms with van der Waals surface area (Å²) in [5, 5.41) is 21.5. The lowest BCUT2D eigenvalue weighted by molar-refractivity contribution is -0.145. The van der Waals surface area contributed by atoms with Crippen molar-refractivity contribution in [1.29, 1.82) is 0 Å². The molecule has 6 heterocycles. The number of aromatic nitrogens is 5. The average Bonchev–Trinajstić information content (AvgIpc) is 3.82. The Kier molecular flexibility index (Phi) is 17.3. The number of benzene rings is 3. The first-order valence-corrected chi connectivity index (χ1v) is 29.0. The molecule has 1 aliphatic carbocycles. The van der Waals surface area contributed by atoms with Gasteiger partial charge in [-0.2, -0.15) is 15.1 Å². The molecule has 3 aromatic carbocycles. The number of nitrogens with one attached hydrogen (secondary N) is 2. The molecule has 0 spiro atoms. The van der Waals surface area contributed by atoms with Gasteiger partial charge in [-0.15, -0.1) is 11.3 Å². The highest BCUT2D eigenvalue weighted by atomic mass is 32.1. The number of thiazole rings is 1. The number of halogens is 1. The summed E-state index contributed by atoms with van der Waals surface area (Å²) in [6, 6.07) is 25.6. The standard InChI is InChI=1S/C62H71FN10O7S/c1-40-7-6-8-47(35-40)50-23-29-73(69-50)53-37-52(70-30-33-79-34-31-70)66-60(67-53)80-32-24-43-12-9-42(10-13-43)11-14-44-21-27-71(28-22-44)54(75)20-19-49(45-15-17-46(18-16-45)55-41(2)64-39-81-55)65-57(76)51-36-48(74)38-72(51)58(77)56(61(3,4)5)68-59(78)62(63)25-26-62/h6-10,12-13,15-18,23,29,35,37,39,44,48-49,51,56,74H,19-22,24-28,30-34,36,38H2,1-5H3,(H,65,76)(H,68,78)/t48-,49+,51+,56-/m1/s1. The predicted molar refractivity (Wildman–Crippen MR) is 307 cm³/mol. The smallest absolute Gasteiger partial charge is 0.320 e. The summed E-state index contributed by atoms with van der Waals surface area (Å²) in [4.78, 5) is 75.7. The minimum atomic E-state index is -2.00. The van der Waals surface area contributed by atoms with Gasteiger partial charge in [0.1, 0.15) is 17.9 Å². The number of carbonyl (C=O) groups excluding carboxylic acids is 4. The monoisotopic (exact) mass is 1120 g/mol. The van der Waals surface area contributed by atoms with Crippen molar-refractivity contribution in [1.82, 2.24) is 45.2 Å². The number of rotatable bonds is 17. The quantitative estimate of drug-likeness (QED) is 0.0753. The van der Waals surface area contributed by atoms with E-state index in [2.05, 4.69) is 63.5 Å². The van der Waals surface area contributed by atoms with Gasteiger partial charge >= 0.3 is 6.01 Å². The highest BCUT2D eigenvalue weighted by Crippen LogP contribution is 2.41. The topological polar surface area (TPSA) is 197 Å². The molecule has 6 aromatic rings. The van der Waals surface area contributed by atoms with Gasteiger partial charge in [-0.05, 0) is 92.3 Å². The zero-order valence-corrected chi connectivity index (χ0v) is 47.5. The molecule has 0 radical (unpaired) electrons. The highest BCUT2D eigenvalue weighted by molar-refractivity contribution is 7.13. The Labute approximate surface area is 476 Å². The Morgan fingerprint density at radius 2 is 1.65 bits per heavy atom. The summed E-state index contributed by atoms with van der Waals surface area (Å²) in [5.41, 5.74) is 6.68. The minimum Gasteiger partial charge on any atom is -0.463 e. The van der Waals surface area contributed by atoms with E-state index in [1.165, 1.54) is 16.2 Å². The van der Waals surface area contributed by atoms with Crippen LogP contribution < -0.4 is 20.3 Å². The minimum absolute atomic E-state index is 0.0154. The molecule has 3 saturated heterocycles. The Balaban J connectivity index is 0.734. The average molecular weight is 1120 g/mol. The number of carbonyl (C=O) groups is 4. The Bertz CT molecular complexity index is 3280. The number of anilines is 1. The van der Waals surface area contributed by atoms with Crippen LogP contribution in [0.2, 0.25) is 0 Å². The Morgan fingerprint density at radius 1 is 0.914 bits per heavy atom. The summed E-state index contributed by atoms with van der Waals surface area (Å²) in [6.07, 6.45) is 3.62. The second-order valence-electron chi connectivity index (χ2n) is 22.8. The number of nitrogens with zero attached hydrogens (tertiary/aromatic N) is 8. The van der Waals surface area contributed by atoms with Crippen LogP contribution in [0.4, 0.5) is 10.2 Å². The molecule has 0 bridgehead atoms. The maximum Gasteiger partial charge on any atom is 0.320 e. The van der Waals surface area contributed by atoms with Gasteiger partial charge in [-0.1, -0.05) is 92.8 Å². The molecule has 19 heteroatoms. The Hall–Kier alpha value is -7.53. The number of hydrogen-bond donors (Lipinski definition) is 3. The summed E-state index contributed by atoms with van der Waals surface area (Å²) in [5.74, 6) is 6.37. The number of β-amino-alcohol motifs (C(OH)–C–C–N with tert-alkyl or cyclic N) is 1. The third-order valence-electron chi connectivity index (χ3n) is 15.6. The molecule has 17 nitrogen and oxygen atoms in total. The molecule has 3 aromatic heterocycles. The third-order valence-corrected chi connectivity index (χ3v) is 16.6. The molecule has 4 fully saturated rings. The van der Waals surface area contributed by atoms with Crippen molar-refractivity contribution in [2.24, 2.45) is 11.3 Å². The number of amides is 4. The largest absolute Gasteiger partial charge is 0.463 e. The molecule has 10 rings (SSSR count). The second kappa shape index (κ2) is 24.7. The number of ether oxygens (including phenoxy) is 2. The van der Waals surface area contributed by atoms with Crippen molar-refractivity contribution >= 4 is 40.8 Å². The molecule has 3 aliphatic heterocycles. The molecular weight excluding hydrogens is 1050 g/mol. The van der Waals surface area contributed by atoms with Crippen molar-refractivity contribution < 1.29 is 38.1 Å². The zero-order chi connectivity index (χ0) is 56.8. The number of aliphatic hydroxyl groups is 1. The SMILES string of the molecule is Cc1cccc(-c2ccn(-c3cc(N4CCOCC4)nc(OCCc4ccc(C#CC5CCN(C(=O)CC[C@H](NC(=O)[C@@H]6C[C@@H](O)CN6C(=O)[C@@H](NC(=O)C6(F)CC6)C(C)(C)C)c6ccc(-c7scnc7C)cc6)CC5)cc4)n3)n2)c1. The maximum atomic E-state index is 14.8. The van der Waals surface area contributed by atoms with Crippen molar-refractivity contribution in [3.8, 4) is 45.4 Å². The van der Waals surface area contributed by atoms with Gasteiger partial charge in [0.15, 0.2) is 11.5 Å². The van der Waals surface area contributed by atoms with Gasteiger partial charge in [0.05, 0.1) is 53.7 Å². The van der Waals surface area contributed by atoms with Crippen molar-refractivity contribution in [2.75, 3.05) is 57.4 Å². The number of aryl methyl sites for hydroxylation is 2. The van der Waals surface area contributed by atoms with Crippen LogP contribution in [0.1, 0.15) is 99.7 Å². The molecule has 424 valence electrons. The fourth-order valence-electron chi connectivity index (χ4n) is 10.6.